The van der Waals surface area contributed by atoms with Crippen LogP contribution in [0, 0.1) is 5.82 Å². The zero-order valence-electron chi connectivity index (χ0n) is 17.2. The molecule has 156 valence electrons. The van der Waals surface area contributed by atoms with E-state index in [2.05, 4.69) is 10.1 Å². The predicted octanol–water partition coefficient (Wildman–Crippen LogP) is 2.95. The summed E-state index contributed by atoms with van der Waals surface area (Å²) in [5, 5.41) is 4.13. The highest BCUT2D eigenvalue weighted by molar-refractivity contribution is 5.76. The molecule has 1 atom stereocenters. The van der Waals surface area contributed by atoms with Crippen LogP contribution in [0.5, 0.6) is 0 Å². The lowest BCUT2D eigenvalue weighted by Crippen LogP contribution is -2.41. The summed E-state index contributed by atoms with van der Waals surface area (Å²) in [5.74, 6) is 0.478. The molecule has 30 heavy (non-hydrogen) atoms. The summed E-state index contributed by atoms with van der Waals surface area (Å²) < 4.78 is 15.1. The van der Waals surface area contributed by atoms with Crippen molar-refractivity contribution in [2.75, 3.05) is 32.1 Å². The number of amides is 1. The summed E-state index contributed by atoms with van der Waals surface area (Å²) in [6.45, 7) is 1.56. The van der Waals surface area contributed by atoms with Crippen LogP contribution in [0.1, 0.15) is 24.5 Å². The van der Waals surface area contributed by atoms with E-state index in [1.807, 2.05) is 30.0 Å². The van der Waals surface area contributed by atoms with Crippen molar-refractivity contribution in [3.8, 4) is 11.1 Å². The predicted molar refractivity (Wildman–Crippen MR) is 113 cm³/mol. The lowest BCUT2D eigenvalue weighted by molar-refractivity contribution is -0.133. The van der Waals surface area contributed by atoms with Crippen LogP contribution in [0.15, 0.2) is 48.9 Å². The van der Waals surface area contributed by atoms with E-state index in [4.69, 9.17) is 4.98 Å². The second kappa shape index (κ2) is 8.61. The largest absolute Gasteiger partial charge is 0.347 e. The summed E-state index contributed by atoms with van der Waals surface area (Å²) in [6.07, 6.45) is 7.10. The van der Waals surface area contributed by atoms with Gasteiger partial charge in [0.25, 0.3) is 0 Å². The second-order valence-electron chi connectivity index (χ2n) is 7.75. The van der Waals surface area contributed by atoms with Crippen molar-refractivity contribution >= 4 is 11.9 Å². The third-order valence-corrected chi connectivity index (χ3v) is 5.38. The van der Waals surface area contributed by atoms with Crippen LogP contribution in [0.4, 0.5) is 10.3 Å². The molecule has 0 bridgehead atoms. The molecule has 1 aliphatic heterocycles. The summed E-state index contributed by atoms with van der Waals surface area (Å²) in [7, 11) is 3.80. The van der Waals surface area contributed by atoms with E-state index in [1.165, 1.54) is 12.1 Å². The van der Waals surface area contributed by atoms with Crippen molar-refractivity contribution < 1.29 is 9.18 Å². The fourth-order valence-electron chi connectivity index (χ4n) is 3.82. The maximum Gasteiger partial charge on any atom is 0.244 e. The Morgan fingerprint density at radius 1 is 1.27 bits per heavy atom. The molecule has 4 rings (SSSR count). The highest BCUT2D eigenvalue weighted by atomic mass is 19.1. The van der Waals surface area contributed by atoms with Crippen LogP contribution in [0.3, 0.4) is 0 Å². The molecule has 0 N–H and O–H groups in total. The fraction of sp³-hybridized carbons (Fsp3) is 0.364. The van der Waals surface area contributed by atoms with E-state index in [9.17, 15) is 9.18 Å². The molecule has 3 aromatic rings. The van der Waals surface area contributed by atoms with Gasteiger partial charge < -0.3 is 9.80 Å². The Balaban J connectivity index is 1.63. The van der Waals surface area contributed by atoms with E-state index in [0.29, 0.717) is 12.5 Å². The van der Waals surface area contributed by atoms with Gasteiger partial charge in [-0.3, -0.25) is 9.48 Å². The molecule has 1 aromatic carbocycles. The fourth-order valence-corrected chi connectivity index (χ4v) is 3.82. The lowest BCUT2D eigenvalue weighted by atomic mass is 9.90. The number of aromatic nitrogens is 4. The quantitative estimate of drug-likeness (QED) is 0.649. The van der Waals surface area contributed by atoms with Crippen molar-refractivity contribution in [1.29, 1.82) is 0 Å². The molecule has 0 saturated carbocycles. The molecule has 1 unspecified atom stereocenters. The molecule has 8 heteroatoms. The Morgan fingerprint density at radius 2 is 2.07 bits per heavy atom. The van der Waals surface area contributed by atoms with Crippen molar-refractivity contribution in [2.45, 2.75) is 25.3 Å². The molecule has 0 radical (unpaired) electrons. The number of nitrogens with zero attached hydrogens (tertiary/aromatic N) is 6. The zero-order chi connectivity index (χ0) is 21.1. The number of hydrogen-bond donors (Lipinski definition) is 0. The number of benzene rings is 1. The van der Waals surface area contributed by atoms with Crippen molar-refractivity contribution in [3.63, 3.8) is 0 Å². The van der Waals surface area contributed by atoms with Crippen molar-refractivity contribution in [1.82, 2.24) is 24.6 Å². The molecule has 3 heterocycles. The maximum absolute atomic E-state index is 13.4. The Labute approximate surface area is 175 Å². The maximum atomic E-state index is 13.4. The summed E-state index contributed by atoms with van der Waals surface area (Å²) in [5.41, 5.74) is 2.65. The smallest absolute Gasteiger partial charge is 0.244 e. The molecule has 7 nitrogen and oxygen atoms in total. The highest BCUT2D eigenvalue weighted by Gasteiger charge is 2.28. The van der Waals surface area contributed by atoms with Crippen molar-refractivity contribution in [3.05, 3.63) is 60.4 Å². The third-order valence-electron chi connectivity index (χ3n) is 5.38. The third kappa shape index (κ3) is 4.32. The minimum absolute atomic E-state index is 0.0496. The number of piperidine rings is 1. The van der Waals surface area contributed by atoms with Gasteiger partial charge in [-0.1, -0.05) is 12.1 Å². The van der Waals surface area contributed by atoms with Crippen LogP contribution in [-0.2, 0) is 11.3 Å². The molecule has 2 aromatic heterocycles. The van der Waals surface area contributed by atoms with Crippen LogP contribution >= 0.6 is 0 Å². The molecule has 0 spiro atoms. The van der Waals surface area contributed by atoms with Gasteiger partial charge >= 0.3 is 0 Å². The number of hydrogen-bond acceptors (Lipinski definition) is 5. The molecule has 0 aliphatic carbocycles. The number of carbonyl (C=O) groups is 1. The number of halogens is 1. The first-order valence-electron chi connectivity index (χ1n) is 10.1. The zero-order valence-corrected chi connectivity index (χ0v) is 17.2. The van der Waals surface area contributed by atoms with Gasteiger partial charge in [-0.15, -0.1) is 0 Å². The number of likely N-dealkylation sites (tertiary alicyclic amines) is 1. The molecule has 1 fully saturated rings. The number of rotatable bonds is 5. The second-order valence-corrected chi connectivity index (χ2v) is 7.75. The summed E-state index contributed by atoms with van der Waals surface area (Å²) in [6, 6.07) is 8.19. The standard InChI is InChI=1S/C22H25FN6O/c1-27(2)22-24-13-19(16-6-8-18(23)9-7-16)21(26-22)17-5-3-11-28(14-17)20(30)15-29-12-4-10-25-29/h4,6-10,12-13,17H,3,5,11,14-15H2,1-2H3. The van der Waals surface area contributed by atoms with E-state index in [1.54, 1.807) is 35.4 Å². The minimum atomic E-state index is -0.279. The highest BCUT2D eigenvalue weighted by Crippen LogP contribution is 2.34. The van der Waals surface area contributed by atoms with Crippen LogP contribution in [0.25, 0.3) is 11.1 Å². The normalized spacial score (nSPS) is 16.5. The van der Waals surface area contributed by atoms with Gasteiger partial charge in [0.15, 0.2) is 0 Å². The van der Waals surface area contributed by atoms with Gasteiger partial charge in [-0.05, 0) is 36.6 Å². The molecule has 1 saturated heterocycles. The Hall–Kier alpha value is -3.29. The van der Waals surface area contributed by atoms with E-state index < -0.39 is 0 Å². The Kier molecular flexibility index (Phi) is 5.74. The first-order valence-corrected chi connectivity index (χ1v) is 10.1. The van der Waals surface area contributed by atoms with E-state index >= 15 is 0 Å². The Morgan fingerprint density at radius 3 is 2.77 bits per heavy atom. The summed E-state index contributed by atoms with van der Waals surface area (Å²) in [4.78, 5) is 25.8. The van der Waals surface area contributed by atoms with Crippen LogP contribution < -0.4 is 4.90 Å². The Bertz CT molecular complexity index is 1000. The summed E-state index contributed by atoms with van der Waals surface area (Å²) >= 11 is 0. The number of carbonyl (C=O) groups excluding carboxylic acids is 1. The van der Waals surface area contributed by atoms with Crippen LogP contribution in [-0.4, -0.2) is 57.7 Å². The average molecular weight is 408 g/mol. The molecule has 1 amide bonds. The SMILES string of the molecule is CN(C)c1ncc(-c2ccc(F)cc2)c(C2CCCN(C(=O)Cn3cccn3)C2)n1. The topological polar surface area (TPSA) is 67.2 Å². The van der Waals surface area contributed by atoms with Crippen molar-refractivity contribution in [2.24, 2.45) is 0 Å². The van der Waals surface area contributed by atoms with Gasteiger partial charge in [-0.25, -0.2) is 14.4 Å². The molecular weight excluding hydrogens is 383 g/mol. The minimum Gasteiger partial charge on any atom is -0.347 e. The monoisotopic (exact) mass is 408 g/mol. The van der Waals surface area contributed by atoms with Gasteiger partial charge in [0, 0.05) is 57.3 Å². The molecule has 1 aliphatic rings. The lowest BCUT2D eigenvalue weighted by Gasteiger charge is -2.33. The van der Waals surface area contributed by atoms with Crippen LogP contribution in [0.2, 0.25) is 0 Å². The number of anilines is 1. The average Bonchev–Trinajstić information content (AvgIpc) is 3.27. The van der Waals surface area contributed by atoms with Gasteiger partial charge in [0.1, 0.15) is 12.4 Å². The van der Waals surface area contributed by atoms with Gasteiger partial charge in [-0.2, -0.15) is 5.10 Å². The van der Waals surface area contributed by atoms with Gasteiger partial charge in [0.2, 0.25) is 11.9 Å². The first-order chi connectivity index (χ1) is 14.5. The molecular formula is C22H25FN6O. The first kappa shape index (κ1) is 20.0. The van der Waals surface area contributed by atoms with Gasteiger partial charge in [0.05, 0.1) is 5.69 Å². The van der Waals surface area contributed by atoms with E-state index in [0.717, 1.165) is 36.2 Å². The van der Waals surface area contributed by atoms with E-state index in [-0.39, 0.29) is 24.2 Å².